The van der Waals surface area contributed by atoms with Crippen LogP contribution in [0.25, 0.3) is 0 Å². The van der Waals surface area contributed by atoms with Gasteiger partial charge in [0, 0.05) is 12.7 Å². The number of carbonyl (C=O) groups excluding carboxylic acids is 1. The first kappa shape index (κ1) is 13.1. The van der Waals surface area contributed by atoms with E-state index in [0.29, 0.717) is 5.56 Å². The molecule has 1 saturated heterocycles. The summed E-state index contributed by atoms with van der Waals surface area (Å²) in [6.45, 7) is 5.67. The van der Waals surface area contributed by atoms with Crippen molar-refractivity contribution < 1.29 is 14.3 Å². The quantitative estimate of drug-likeness (QED) is 0.807. The lowest BCUT2D eigenvalue weighted by Crippen LogP contribution is -2.48. The van der Waals surface area contributed by atoms with Crippen molar-refractivity contribution in [2.45, 2.75) is 38.8 Å². The van der Waals surface area contributed by atoms with Crippen LogP contribution in [-0.4, -0.2) is 36.0 Å². The summed E-state index contributed by atoms with van der Waals surface area (Å²) < 4.78 is 11.2. The molecule has 0 radical (unpaired) electrons. The van der Waals surface area contributed by atoms with E-state index in [-0.39, 0.29) is 18.2 Å². The highest BCUT2D eigenvalue weighted by Crippen LogP contribution is 2.33. The molecule has 4 heteroatoms. The molecule has 1 amide bonds. The smallest absolute Gasteiger partial charge is 0.258 e. The number of amides is 1. The Balaban J connectivity index is 2.33. The van der Waals surface area contributed by atoms with Crippen molar-refractivity contribution in [3.05, 3.63) is 35.9 Å². The Hall–Kier alpha value is -1.39. The minimum Gasteiger partial charge on any atom is -0.359 e. The van der Waals surface area contributed by atoms with E-state index in [4.69, 9.17) is 9.47 Å². The number of hydrogen-bond acceptors (Lipinski definition) is 3. The predicted molar refractivity (Wildman–Crippen MR) is 68.0 cm³/mol. The highest BCUT2D eigenvalue weighted by atomic mass is 16.6. The normalized spacial score (nSPS) is 26.3. The number of carbonyl (C=O) groups is 1. The average molecular weight is 249 g/mol. The summed E-state index contributed by atoms with van der Waals surface area (Å²) in [6.07, 6.45) is -0.495. The molecule has 1 aliphatic rings. The van der Waals surface area contributed by atoms with Gasteiger partial charge < -0.3 is 9.47 Å². The second kappa shape index (κ2) is 4.71. The van der Waals surface area contributed by atoms with E-state index in [1.165, 1.54) is 0 Å². The minimum atomic E-state index is -0.660. The van der Waals surface area contributed by atoms with Crippen LogP contribution in [0.3, 0.4) is 0 Å². The van der Waals surface area contributed by atoms with Gasteiger partial charge >= 0.3 is 0 Å². The van der Waals surface area contributed by atoms with Crippen LogP contribution in [0.5, 0.6) is 0 Å². The highest BCUT2D eigenvalue weighted by molar-refractivity contribution is 5.94. The molecule has 0 saturated carbocycles. The Bertz CT molecular complexity index is 430. The van der Waals surface area contributed by atoms with E-state index in [1.54, 1.807) is 24.1 Å². The molecule has 1 aliphatic heterocycles. The Morgan fingerprint density at radius 2 is 1.94 bits per heavy atom. The van der Waals surface area contributed by atoms with Crippen molar-refractivity contribution >= 4 is 5.91 Å². The van der Waals surface area contributed by atoms with Gasteiger partial charge in [-0.3, -0.25) is 9.69 Å². The molecule has 1 aromatic carbocycles. The highest BCUT2D eigenvalue weighted by Gasteiger charge is 2.48. The van der Waals surface area contributed by atoms with E-state index >= 15 is 0 Å². The van der Waals surface area contributed by atoms with Gasteiger partial charge in [-0.05, 0) is 32.9 Å². The summed E-state index contributed by atoms with van der Waals surface area (Å²) in [7, 11) is 1.59. The molecule has 1 fully saturated rings. The van der Waals surface area contributed by atoms with Crippen LogP contribution in [0.1, 0.15) is 31.1 Å². The molecule has 0 aliphatic carbocycles. The Kier molecular flexibility index (Phi) is 3.41. The van der Waals surface area contributed by atoms with Crippen LogP contribution in [0.15, 0.2) is 30.3 Å². The van der Waals surface area contributed by atoms with Crippen molar-refractivity contribution in [2.75, 3.05) is 7.11 Å². The summed E-state index contributed by atoms with van der Waals surface area (Å²) >= 11 is 0. The summed E-state index contributed by atoms with van der Waals surface area (Å²) in [5.74, 6) is -0.0724. The van der Waals surface area contributed by atoms with Gasteiger partial charge in [0.15, 0.2) is 6.23 Å². The average Bonchev–Trinajstić information content (AvgIpc) is 2.58. The molecule has 0 N–H and O–H groups in total. The summed E-state index contributed by atoms with van der Waals surface area (Å²) in [5, 5.41) is 0. The van der Waals surface area contributed by atoms with Crippen LogP contribution >= 0.6 is 0 Å². The second-order valence-electron chi connectivity index (χ2n) is 4.94. The van der Waals surface area contributed by atoms with Crippen molar-refractivity contribution in [3.8, 4) is 0 Å². The molecule has 0 aromatic heterocycles. The van der Waals surface area contributed by atoms with E-state index in [1.807, 2.05) is 39.0 Å². The first-order valence-corrected chi connectivity index (χ1v) is 6.06. The molecule has 1 heterocycles. The van der Waals surface area contributed by atoms with Gasteiger partial charge in [0.1, 0.15) is 11.8 Å². The van der Waals surface area contributed by atoms with Gasteiger partial charge in [-0.15, -0.1) is 0 Å². The van der Waals surface area contributed by atoms with Gasteiger partial charge in [-0.25, -0.2) is 0 Å². The summed E-state index contributed by atoms with van der Waals surface area (Å²) in [4.78, 5) is 14.2. The largest absolute Gasteiger partial charge is 0.359 e. The van der Waals surface area contributed by atoms with Gasteiger partial charge in [0.05, 0.1) is 0 Å². The fraction of sp³-hybridized carbons (Fsp3) is 0.500. The van der Waals surface area contributed by atoms with E-state index < -0.39 is 5.72 Å². The Morgan fingerprint density at radius 3 is 2.50 bits per heavy atom. The zero-order valence-corrected chi connectivity index (χ0v) is 11.2. The maximum Gasteiger partial charge on any atom is 0.258 e. The third kappa shape index (κ3) is 2.13. The fourth-order valence-corrected chi connectivity index (χ4v) is 2.46. The van der Waals surface area contributed by atoms with Crippen LogP contribution in [0.2, 0.25) is 0 Å². The van der Waals surface area contributed by atoms with Crippen LogP contribution in [0.4, 0.5) is 0 Å². The second-order valence-corrected chi connectivity index (χ2v) is 4.94. The zero-order valence-electron chi connectivity index (χ0n) is 11.2. The molecule has 98 valence electrons. The Morgan fingerprint density at radius 1 is 1.33 bits per heavy atom. The minimum absolute atomic E-state index is 0.0724. The van der Waals surface area contributed by atoms with Gasteiger partial charge in [0.25, 0.3) is 5.91 Å². The monoisotopic (exact) mass is 249 g/mol. The topological polar surface area (TPSA) is 38.8 Å². The first-order chi connectivity index (χ1) is 8.47. The standard InChI is InChI=1S/C14H19NO3/c1-10-13(17-4)15(14(2,3)18-10)12(16)11-8-6-5-7-9-11/h5-10,13H,1-4H3/t10-,13+/m1/s1. The number of hydrogen-bond donors (Lipinski definition) is 0. The molecular formula is C14H19NO3. The molecule has 0 unspecified atom stereocenters. The molecule has 18 heavy (non-hydrogen) atoms. The van der Waals surface area contributed by atoms with Crippen molar-refractivity contribution in [2.24, 2.45) is 0 Å². The van der Waals surface area contributed by atoms with Gasteiger partial charge in [-0.2, -0.15) is 0 Å². The zero-order chi connectivity index (χ0) is 13.3. The maximum absolute atomic E-state index is 12.5. The van der Waals surface area contributed by atoms with Crippen molar-refractivity contribution in [3.63, 3.8) is 0 Å². The molecular weight excluding hydrogens is 230 g/mol. The fourth-order valence-electron chi connectivity index (χ4n) is 2.46. The number of benzene rings is 1. The number of methoxy groups -OCH3 is 1. The lowest BCUT2D eigenvalue weighted by atomic mass is 10.1. The number of nitrogens with zero attached hydrogens (tertiary/aromatic N) is 1. The van der Waals surface area contributed by atoms with Gasteiger partial charge in [-0.1, -0.05) is 18.2 Å². The third-order valence-electron chi connectivity index (χ3n) is 3.19. The van der Waals surface area contributed by atoms with Crippen LogP contribution < -0.4 is 0 Å². The van der Waals surface area contributed by atoms with Crippen molar-refractivity contribution in [1.29, 1.82) is 0 Å². The van der Waals surface area contributed by atoms with E-state index in [9.17, 15) is 4.79 Å². The number of ether oxygens (including phenoxy) is 2. The molecule has 2 atom stereocenters. The van der Waals surface area contributed by atoms with Gasteiger partial charge in [0.2, 0.25) is 0 Å². The molecule has 2 rings (SSSR count). The van der Waals surface area contributed by atoms with Crippen LogP contribution in [-0.2, 0) is 9.47 Å². The first-order valence-electron chi connectivity index (χ1n) is 6.06. The SMILES string of the molecule is CO[C@H]1[C@@H](C)OC(C)(C)N1C(=O)c1ccccc1. The molecule has 0 spiro atoms. The summed E-state index contributed by atoms with van der Waals surface area (Å²) in [5.41, 5.74) is -0.0159. The molecule has 0 bridgehead atoms. The maximum atomic E-state index is 12.5. The molecule has 4 nitrogen and oxygen atoms in total. The number of rotatable bonds is 2. The van der Waals surface area contributed by atoms with Crippen LogP contribution in [0, 0.1) is 0 Å². The van der Waals surface area contributed by atoms with E-state index in [2.05, 4.69) is 0 Å². The third-order valence-corrected chi connectivity index (χ3v) is 3.19. The van der Waals surface area contributed by atoms with Crippen molar-refractivity contribution in [1.82, 2.24) is 4.90 Å². The lowest BCUT2D eigenvalue weighted by Gasteiger charge is -2.32. The predicted octanol–water partition coefficient (Wildman–Crippen LogP) is 2.26. The summed E-state index contributed by atoms with van der Waals surface area (Å²) in [6, 6.07) is 9.19. The Labute approximate surface area is 107 Å². The molecule has 1 aromatic rings. The lowest BCUT2D eigenvalue weighted by molar-refractivity contribution is -0.0633. The van der Waals surface area contributed by atoms with E-state index in [0.717, 1.165) is 0 Å².